The van der Waals surface area contributed by atoms with Crippen molar-refractivity contribution in [3.8, 4) is 12.1 Å². The SMILES string of the molecule is CC12CCC(C(=O)NCCN3CCOCC3)(c3nc(C#N)c(C#N)nc31)C2(C)C. The number of carbonyl (C=O) groups is 1. The molecular formula is C21H26N6O2. The minimum Gasteiger partial charge on any atom is -0.379 e. The molecule has 2 aliphatic carbocycles. The number of nitrogens with zero attached hydrogens (tertiary/aromatic N) is 5. The summed E-state index contributed by atoms with van der Waals surface area (Å²) in [6, 6.07) is 3.95. The molecule has 2 atom stereocenters. The Morgan fingerprint density at radius 2 is 1.72 bits per heavy atom. The number of nitrogens with one attached hydrogen (secondary N) is 1. The molecule has 29 heavy (non-hydrogen) atoms. The average molecular weight is 394 g/mol. The van der Waals surface area contributed by atoms with E-state index in [1.54, 1.807) is 0 Å². The Balaban J connectivity index is 1.66. The van der Waals surface area contributed by atoms with Gasteiger partial charge < -0.3 is 10.1 Å². The third kappa shape index (κ3) is 2.52. The zero-order valence-electron chi connectivity index (χ0n) is 17.2. The first-order valence-corrected chi connectivity index (χ1v) is 10.1. The molecule has 1 N–H and O–H groups in total. The summed E-state index contributed by atoms with van der Waals surface area (Å²) < 4.78 is 5.37. The summed E-state index contributed by atoms with van der Waals surface area (Å²) in [6.07, 6.45) is 1.47. The van der Waals surface area contributed by atoms with Gasteiger partial charge >= 0.3 is 0 Å². The van der Waals surface area contributed by atoms with Crippen molar-refractivity contribution in [2.45, 2.75) is 44.4 Å². The van der Waals surface area contributed by atoms with E-state index in [4.69, 9.17) is 4.74 Å². The van der Waals surface area contributed by atoms with Gasteiger partial charge in [-0.25, -0.2) is 9.97 Å². The summed E-state index contributed by atoms with van der Waals surface area (Å²) in [4.78, 5) is 24.9. The Kier molecular flexibility index (Phi) is 4.60. The molecule has 0 radical (unpaired) electrons. The lowest BCUT2D eigenvalue weighted by molar-refractivity contribution is -0.130. The van der Waals surface area contributed by atoms with Crippen molar-refractivity contribution in [2.24, 2.45) is 5.41 Å². The summed E-state index contributed by atoms with van der Waals surface area (Å²) >= 11 is 0. The Labute approximate surface area is 170 Å². The van der Waals surface area contributed by atoms with Crippen LogP contribution in [0.25, 0.3) is 0 Å². The van der Waals surface area contributed by atoms with Gasteiger partial charge in [0.15, 0.2) is 11.4 Å². The van der Waals surface area contributed by atoms with Crippen molar-refractivity contribution in [1.82, 2.24) is 20.2 Å². The number of fused-ring (bicyclic) bond motifs is 5. The molecule has 1 aromatic rings. The number of carbonyl (C=O) groups excluding carboxylic acids is 1. The van der Waals surface area contributed by atoms with Gasteiger partial charge in [0.2, 0.25) is 5.91 Å². The highest BCUT2D eigenvalue weighted by Crippen LogP contribution is 2.70. The smallest absolute Gasteiger partial charge is 0.232 e. The first kappa shape index (κ1) is 19.8. The van der Waals surface area contributed by atoms with Gasteiger partial charge in [-0.1, -0.05) is 20.8 Å². The van der Waals surface area contributed by atoms with Gasteiger partial charge in [-0.3, -0.25) is 9.69 Å². The molecule has 1 amide bonds. The van der Waals surface area contributed by atoms with E-state index < -0.39 is 10.8 Å². The van der Waals surface area contributed by atoms with Crippen molar-refractivity contribution >= 4 is 5.91 Å². The number of hydrogen-bond donors (Lipinski definition) is 1. The Morgan fingerprint density at radius 1 is 1.10 bits per heavy atom. The molecule has 152 valence electrons. The van der Waals surface area contributed by atoms with Crippen LogP contribution in [-0.2, 0) is 20.4 Å². The van der Waals surface area contributed by atoms with Crippen LogP contribution in [0.5, 0.6) is 0 Å². The third-order valence-corrected chi connectivity index (χ3v) is 7.69. The van der Waals surface area contributed by atoms with Crippen LogP contribution in [0.4, 0.5) is 0 Å². The van der Waals surface area contributed by atoms with Gasteiger partial charge in [0.05, 0.1) is 30.0 Å². The van der Waals surface area contributed by atoms with E-state index in [1.807, 2.05) is 12.1 Å². The predicted molar refractivity (Wildman–Crippen MR) is 104 cm³/mol. The van der Waals surface area contributed by atoms with E-state index in [2.05, 4.69) is 41.0 Å². The summed E-state index contributed by atoms with van der Waals surface area (Å²) in [7, 11) is 0. The molecule has 1 saturated heterocycles. The van der Waals surface area contributed by atoms with Crippen LogP contribution in [0.2, 0.25) is 0 Å². The molecular weight excluding hydrogens is 368 g/mol. The number of nitriles is 2. The lowest BCUT2D eigenvalue weighted by Gasteiger charge is -2.39. The fourth-order valence-corrected chi connectivity index (χ4v) is 5.44. The topological polar surface area (TPSA) is 115 Å². The normalized spacial score (nSPS) is 29.7. The van der Waals surface area contributed by atoms with Gasteiger partial charge in [0.1, 0.15) is 12.1 Å². The van der Waals surface area contributed by atoms with E-state index in [0.717, 1.165) is 39.3 Å². The minimum absolute atomic E-state index is 0.00121. The van der Waals surface area contributed by atoms with Crippen molar-refractivity contribution in [2.75, 3.05) is 39.4 Å². The van der Waals surface area contributed by atoms with E-state index >= 15 is 0 Å². The Hall–Kier alpha value is -2.55. The number of aromatic nitrogens is 2. The Morgan fingerprint density at radius 3 is 2.34 bits per heavy atom. The van der Waals surface area contributed by atoms with Gasteiger partial charge in [0, 0.05) is 31.6 Å². The highest BCUT2D eigenvalue weighted by atomic mass is 16.5. The second kappa shape index (κ2) is 6.76. The van der Waals surface area contributed by atoms with Crippen molar-refractivity contribution in [1.29, 1.82) is 10.5 Å². The van der Waals surface area contributed by atoms with Crippen LogP contribution in [0.3, 0.4) is 0 Å². The lowest BCUT2D eigenvalue weighted by atomic mass is 9.63. The molecule has 0 aromatic carbocycles. The molecule has 2 bridgehead atoms. The zero-order valence-corrected chi connectivity index (χ0v) is 17.2. The third-order valence-electron chi connectivity index (χ3n) is 7.69. The van der Waals surface area contributed by atoms with Gasteiger partial charge in [-0.15, -0.1) is 0 Å². The molecule has 8 nitrogen and oxygen atoms in total. The van der Waals surface area contributed by atoms with Crippen molar-refractivity contribution in [3.05, 3.63) is 22.8 Å². The Bertz CT molecular complexity index is 940. The number of amides is 1. The predicted octanol–water partition coefficient (Wildman–Crippen LogP) is 0.997. The molecule has 1 aromatic heterocycles. The highest BCUT2D eigenvalue weighted by molar-refractivity contribution is 5.92. The van der Waals surface area contributed by atoms with E-state index in [1.165, 1.54) is 0 Å². The molecule has 4 rings (SSSR count). The zero-order chi connectivity index (χ0) is 20.9. The number of ether oxygens (including phenoxy) is 1. The van der Waals surface area contributed by atoms with E-state index in [9.17, 15) is 15.3 Å². The maximum Gasteiger partial charge on any atom is 0.232 e. The van der Waals surface area contributed by atoms with Gasteiger partial charge in [0.25, 0.3) is 0 Å². The van der Waals surface area contributed by atoms with E-state index in [0.29, 0.717) is 24.4 Å². The summed E-state index contributed by atoms with van der Waals surface area (Å²) in [6.45, 7) is 10.8. The first-order chi connectivity index (χ1) is 13.8. The summed E-state index contributed by atoms with van der Waals surface area (Å²) in [5, 5.41) is 21.9. The maximum atomic E-state index is 13.6. The number of hydrogen-bond acceptors (Lipinski definition) is 7. The van der Waals surface area contributed by atoms with Crippen molar-refractivity contribution in [3.63, 3.8) is 0 Å². The molecule has 8 heteroatoms. The second-order valence-corrected chi connectivity index (χ2v) is 8.91. The minimum atomic E-state index is -0.839. The second-order valence-electron chi connectivity index (χ2n) is 8.91. The fourth-order valence-electron chi connectivity index (χ4n) is 5.44. The quantitative estimate of drug-likeness (QED) is 0.810. The molecule has 2 unspecified atom stereocenters. The molecule has 2 fully saturated rings. The molecule has 2 heterocycles. The first-order valence-electron chi connectivity index (χ1n) is 10.1. The average Bonchev–Trinajstić information content (AvgIpc) is 3.02. The van der Waals surface area contributed by atoms with Gasteiger partial charge in [-0.05, 0) is 18.3 Å². The molecule has 1 aliphatic heterocycles. The van der Waals surface area contributed by atoms with Crippen molar-refractivity contribution < 1.29 is 9.53 Å². The van der Waals surface area contributed by atoms with Crippen LogP contribution in [0.15, 0.2) is 0 Å². The standard InChI is InChI=1S/C21H26N6O2/c1-19(2)20(3)4-5-21(19,17-16(20)25-14(12-22)15(13-23)26-17)18(28)24-6-7-27-8-10-29-11-9-27/h4-11H2,1-3H3,(H,24,28). The summed E-state index contributed by atoms with van der Waals surface area (Å²) in [5.74, 6) is -0.0545. The summed E-state index contributed by atoms with van der Waals surface area (Å²) in [5.41, 5.74) is -0.308. The highest BCUT2D eigenvalue weighted by Gasteiger charge is 2.73. The van der Waals surface area contributed by atoms with Gasteiger partial charge in [-0.2, -0.15) is 10.5 Å². The van der Waals surface area contributed by atoms with E-state index in [-0.39, 0.29) is 22.7 Å². The molecule has 0 spiro atoms. The van der Waals surface area contributed by atoms with Crippen LogP contribution in [-0.4, -0.2) is 60.2 Å². The van der Waals surface area contributed by atoms with Crippen LogP contribution >= 0.6 is 0 Å². The molecule has 3 aliphatic rings. The largest absolute Gasteiger partial charge is 0.379 e. The van der Waals surface area contributed by atoms with Crippen LogP contribution in [0.1, 0.15) is 56.4 Å². The number of morpholine rings is 1. The molecule has 1 saturated carbocycles. The lowest BCUT2D eigenvalue weighted by Crippen LogP contribution is -2.52. The maximum absolute atomic E-state index is 13.6. The van der Waals surface area contributed by atoms with Crippen LogP contribution < -0.4 is 5.32 Å². The fraction of sp³-hybridized carbons (Fsp3) is 0.667. The van der Waals surface area contributed by atoms with Crippen LogP contribution in [0, 0.1) is 28.1 Å². The number of rotatable bonds is 4. The monoisotopic (exact) mass is 394 g/mol.